The van der Waals surface area contributed by atoms with E-state index in [0.717, 1.165) is 17.1 Å². The Morgan fingerprint density at radius 3 is 2.26 bits per heavy atom. The second kappa shape index (κ2) is 11.2. The molecule has 3 aromatic heterocycles. The Balaban J connectivity index is 1.21. The molecule has 1 aliphatic rings. The number of piperazine rings is 1. The second-order valence-corrected chi connectivity index (χ2v) is 9.33. The summed E-state index contributed by atoms with van der Waals surface area (Å²) in [6.07, 6.45) is 3.34. The molecule has 2 amide bonds. The zero-order valence-corrected chi connectivity index (χ0v) is 21.5. The van der Waals surface area contributed by atoms with Gasteiger partial charge in [0.05, 0.1) is 0 Å². The van der Waals surface area contributed by atoms with Gasteiger partial charge in [-0.1, -0.05) is 6.07 Å². The summed E-state index contributed by atoms with van der Waals surface area (Å²) in [4.78, 5) is 36.7. The summed E-state index contributed by atoms with van der Waals surface area (Å²) in [7, 11) is 0. The predicted molar refractivity (Wildman–Crippen MR) is 148 cm³/mol. The molecule has 4 heterocycles. The van der Waals surface area contributed by atoms with Gasteiger partial charge >= 0.3 is 6.03 Å². The minimum Gasteiger partial charge on any atom is -0.325 e. The van der Waals surface area contributed by atoms with Crippen molar-refractivity contribution in [2.24, 2.45) is 0 Å². The first kappa shape index (κ1) is 25.0. The number of benzene rings is 1. The van der Waals surface area contributed by atoms with Crippen LogP contribution in [0.25, 0.3) is 11.5 Å². The fourth-order valence-electron chi connectivity index (χ4n) is 4.30. The van der Waals surface area contributed by atoms with Gasteiger partial charge in [-0.05, 0) is 69.3 Å². The number of urea groups is 1. The number of carbonyl (C=O) groups excluding carboxylic acids is 1. The number of pyridine rings is 1. The summed E-state index contributed by atoms with van der Waals surface area (Å²) in [5.41, 5.74) is 3.11. The highest BCUT2D eigenvalue weighted by Gasteiger charge is 2.24. The fraction of sp³-hybridized carbons (Fsp3) is 0.259. The molecule has 11 heteroatoms. The molecule has 4 N–H and O–H groups in total. The SMILES string of the molecule is Cc1cccc(-c2nccc(Nc3ccnc(Nc4ccc(NC(=O)N5CC(C)NC(C)C5)cc4)n3)n2)n1. The van der Waals surface area contributed by atoms with E-state index in [2.05, 4.69) is 60.0 Å². The first-order chi connectivity index (χ1) is 18.4. The Morgan fingerprint density at radius 2 is 1.53 bits per heavy atom. The average Bonchev–Trinajstić information content (AvgIpc) is 2.90. The highest BCUT2D eigenvalue weighted by molar-refractivity contribution is 5.89. The fourth-order valence-corrected chi connectivity index (χ4v) is 4.30. The smallest absolute Gasteiger partial charge is 0.321 e. The second-order valence-electron chi connectivity index (χ2n) is 9.33. The van der Waals surface area contributed by atoms with E-state index in [1.54, 1.807) is 24.5 Å². The minimum absolute atomic E-state index is 0.0981. The van der Waals surface area contributed by atoms with Crippen LogP contribution >= 0.6 is 0 Å². The van der Waals surface area contributed by atoms with Crippen molar-refractivity contribution >= 4 is 35.0 Å². The molecule has 4 aromatic rings. The molecule has 194 valence electrons. The monoisotopic (exact) mass is 510 g/mol. The Labute approximate surface area is 221 Å². The molecule has 0 spiro atoms. The van der Waals surface area contributed by atoms with Crippen LogP contribution in [0.1, 0.15) is 19.5 Å². The van der Waals surface area contributed by atoms with E-state index in [4.69, 9.17) is 0 Å². The molecule has 2 unspecified atom stereocenters. The van der Waals surface area contributed by atoms with Gasteiger partial charge in [-0.2, -0.15) is 4.98 Å². The number of nitrogens with one attached hydrogen (secondary N) is 4. The van der Waals surface area contributed by atoms with Crippen LogP contribution in [-0.2, 0) is 0 Å². The van der Waals surface area contributed by atoms with E-state index >= 15 is 0 Å². The lowest BCUT2D eigenvalue weighted by Crippen LogP contribution is -2.56. The number of anilines is 5. The van der Waals surface area contributed by atoms with Crippen molar-refractivity contribution in [3.8, 4) is 11.5 Å². The maximum absolute atomic E-state index is 12.7. The maximum Gasteiger partial charge on any atom is 0.321 e. The van der Waals surface area contributed by atoms with Gasteiger partial charge in [0.15, 0.2) is 5.82 Å². The van der Waals surface area contributed by atoms with Crippen LogP contribution in [0.3, 0.4) is 0 Å². The summed E-state index contributed by atoms with van der Waals surface area (Å²) in [6, 6.07) is 17.1. The van der Waals surface area contributed by atoms with Gasteiger partial charge in [-0.25, -0.2) is 24.7 Å². The molecule has 1 aromatic carbocycles. The van der Waals surface area contributed by atoms with E-state index < -0.39 is 0 Å². The Bertz CT molecular complexity index is 1400. The molecule has 11 nitrogen and oxygen atoms in total. The lowest BCUT2D eigenvalue weighted by Gasteiger charge is -2.36. The molecule has 0 aliphatic carbocycles. The number of hydrogen-bond donors (Lipinski definition) is 4. The lowest BCUT2D eigenvalue weighted by molar-refractivity contribution is 0.176. The first-order valence-corrected chi connectivity index (χ1v) is 12.5. The van der Waals surface area contributed by atoms with Gasteiger partial charge in [0.2, 0.25) is 5.95 Å². The maximum atomic E-state index is 12.7. The zero-order valence-electron chi connectivity index (χ0n) is 21.5. The van der Waals surface area contributed by atoms with Gasteiger partial charge in [-0.15, -0.1) is 0 Å². The van der Waals surface area contributed by atoms with E-state index in [1.165, 1.54) is 0 Å². The Morgan fingerprint density at radius 1 is 0.842 bits per heavy atom. The number of nitrogens with zero attached hydrogens (tertiary/aromatic N) is 6. The molecule has 0 radical (unpaired) electrons. The van der Waals surface area contributed by atoms with E-state index in [0.29, 0.717) is 42.2 Å². The highest BCUT2D eigenvalue weighted by Crippen LogP contribution is 2.20. The van der Waals surface area contributed by atoms with Crippen molar-refractivity contribution in [2.45, 2.75) is 32.9 Å². The molecule has 1 fully saturated rings. The molecule has 1 saturated heterocycles. The third-order valence-corrected chi connectivity index (χ3v) is 5.92. The quantitative estimate of drug-likeness (QED) is 0.299. The third kappa shape index (κ3) is 6.37. The van der Waals surface area contributed by atoms with E-state index in [9.17, 15) is 4.79 Å². The van der Waals surface area contributed by atoms with Gasteiger partial charge in [-0.3, -0.25) is 0 Å². The van der Waals surface area contributed by atoms with Crippen molar-refractivity contribution in [2.75, 3.05) is 29.0 Å². The molecule has 0 bridgehead atoms. The number of rotatable bonds is 6. The van der Waals surface area contributed by atoms with Crippen LogP contribution in [0.4, 0.5) is 33.8 Å². The summed E-state index contributed by atoms with van der Waals surface area (Å²) in [5.74, 6) is 2.12. The van der Waals surface area contributed by atoms with Crippen molar-refractivity contribution in [3.05, 3.63) is 72.7 Å². The molecule has 5 rings (SSSR count). The Kier molecular flexibility index (Phi) is 7.36. The number of aromatic nitrogens is 5. The normalized spacial score (nSPS) is 17.1. The van der Waals surface area contributed by atoms with Crippen LogP contribution in [-0.4, -0.2) is 61.0 Å². The van der Waals surface area contributed by atoms with Crippen molar-refractivity contribution in [3.63, 3.8) is 0 Å². The van der Waals surface area contributed by atoms with Gasteiger partial charge in [0.25, 0.3) is 0 Å². The minimum atomic E-state index is -0.0981. The zero-order chi connectivity index (χ0) is 26.5. The van der Waals surface area contributed by atoms with Crippen LogP contribution in [0.2, 0.25) is 0 Å². The summed E-state index contributed by atoms with van der Waals surface area (Å²) >= 11 is 0. The largest absolute Gasteiger partial charge is 0.325 e. The van der Waals surface area contributed by atoms with Crippen LogP contribution < -0.4 is 21.3 Å². The van der Waals surface area contributed by atoms with Crippen LogP contribution in [0.15, 0.2) is 67.0 Å². The highest BCUT2D eigenvalue weighted by atomic mass is 16.2. The van der Waals surface area contributed by atoms with Gasteiger partial charge < -0.3 is 26.2 Å². The third-order valence-electron chi connectivity index (χ3n) is 5.92. The summed E-state index contributed by atoms with van der Waals surface area (Å²) < 4.78 is 0. The van der Waals surface area contributed by atoms with Crippen LogP contribution in [0.5, 0.6) is 0 Å². The average molecular weight is 511 g/mol. The van der Waals surface area contributed by atoms with Crippen molar-refractivity contribution in [1.82, 2.24) is 35.1 Å². The number of aryl methyl sites for hydroxylation is 1. The number of hydrogen-bond acceptors (Lipinski definition) is 9. The molecule has 1 aliphatic heterocycles. The lowest BCUT2D eigenvalue weighted by atomic mass is 10.1. The molecule has 2 atom stereocenters. The first-order valence-electron chi connectivity index (χ1n) is 12.5. The summed E-state index contributed by atoms with van der Waals surface area (Å²) in [6.45, 7) is 7.44. The van der Waals surface area contributed by atoms with Crippen molar-refractivity contribution < 1.29 is 4.79 Å². The Hall–Kier alpha value is -4.64. The van der Waals surface area contributed by atoms with Crippen molar-refractivity contribution in [1.29, 1.82) is 0 Å². The van der Waals surface area contributed by atoms with Gasteiger partial charge in [0, 0.05) is 54.6 Å². The molecule has 0 saturated carbocycles. The van der Waals surface area contributed by atoms with E-state index in [1.807, 2.05) is 54.3 Å². The van der Waals surface area contributed by atoms with Crippen LogP contribution in [0, 0.1) is 6.92 Å². The molecular formula is C27H30N10O. The topological polar surface area (TPSA) is 133 Å². The van der Waals surface area contributed by atoms with Gasteiger partial charge in [0.1, 0.15) is 17.3 Å². The van der Waals surface area contributed by atoms with E-state index in [-0.39, 0.29) is 18.1 Å². The molecule has 38 heavy (non-hydrogen) atoms. The predicted octanol–water partition coefficient (Wildman–Crippen LogP) is 4.34. The molecular weight excluding hydrogens is 480 g/mol. The number of amides is 2. The summed E-state index contributed by atoms with van der Waals surface area (Å²) in [5, 5.41) is 12.8. The standard InChI is InChI=1S/C27H30N10O/c1-17-5-4-6-22(31-17)25-28-13-11-23(35-25)34-24-12-14-29-26(36-24)32-20-7-9-21(10-8-20)33-27(38)37-15-18(2)30-19(3)16-37/h4-14,18-19,30H,15-16H2,1-3H3,(H,33,38)(H2,28,29,32,34,35,36). The number of carbonyl (C=O) groups is 1.